The number of nitrogens with one attached hydrogen (secondary N) is 1. The predicted octanol–water partition coefficient (Wildman–Crippen LogP) is 4.54. The van der Waals surface area contributed by atoms with Crippen LogP contribution in [0.1, 0.15) is 49.1 Å². The van der Waals surface area contributed by atoms with Crippen molar-refractivity contribution < 1.29 is 13.5 Å². The van der Waals surface area contributed by atoms with Gasteiger partial charge in [0.2, 0.25) is 0 Å². The van der Waals surface area contributed by atoms with Crippen LogP contribution in [-0.4, -0.2) is 47.2 Å². The summed E-state index contributed by atoms with van der Waals surface area (Å²) in [6.45, 7) is 7.16. The van der Waals surface area contributed by atoms with Gasteiger partial charge in [0.1, 0.15) is 23.1 Å². The summed E-state index contributed by atoms with van der Waals surface area (Å²) >= 11 is 1.58. The predicted molar refractivity (Wildman–Crippen MR) is 125 cm³/mol. The topological polar surface area (TPSA) is 63.2 Å². The highest BCUT2D eigenvalue weighted by molar-refractivity contribution is 7.09. The van der Waals surface area contributed by atoms with Crippen molar-refractivity contribution in [2.45, 2.75) is 45.1 Å². The Hall–Kier alpha value is -2.65. The molecule has 2 aliphatic rings. The Labute approximate surface area is 196 Å². The van der Waals surface area contributed by atoms with E-state index in [1.807, 2.05) is 13.8 Å². The van der Waals surface area contributed by atoms with E-state index in [1.54, 1.807) is 17.4 Å². The van der Waals surface area contributed by atoms with Crippen LogP contribution in [0.2, 0.25) is 0 Å². The van der Waals surface area contributed by atoms with E-state index in [0.29, 0.717) is 42.6 Å². The lowest BCUT2D eigenvalue weighted by Gasteiger charge is -2.34. The maximum Gasteiger partial charge on any atom is 0.178 e. The summed E-state index contributed by atoms with van der Waals surface area (Å²) in [6.07, 6.45) is 3.74. The van der Waals surface area contributed by atoms with Gasteiger partial charge in [-0.2, -0.15) is 0 Å². The fourth-order valence-corrected chi connectivity index (χ4v) is 5.39. The molecular formula is C24H27F2N5OS. The Balaban J connectivity index is 1.43. The van der Waals surface area contributed by atoms with Crippen LogP contribution in [0.3, 0.4) is 0 Å². The summed E-state index contributed by atoms with van der Waals surface area (Å²) in [5, 5.41) is 6.38. The Morgan fingerprint density at radius 1 is 1.18 bits per heavy atom. The number of rotatable bonds is 5. The zero-order valence-electron chi connectivity index (χ0n) is 18.8. The Morgan fingerprint density at radius 3 is 2.79 bits per heavy atom. The van der Waals surface area contributed by atoms with Gasteiger partial charge in [0, 0.05) is 22.9 Å². The second kappa shape index (κ2) is 9.30. The van der Waals surface area contributed by atoms with Crippen molar-refractivity contribution in [2.75, 3.05) is 31.1 Å². The summed E-state index contributed by atoms with van der Waals surface area (Å²) < 4.78 is 35.2. The molecule has 174 valence electrons. The minimum Gasteiger partial charge on any atom is -0.486 e. The Bertz CT molecular complexity index is 1150. The van der Waals surface area contributed by atoms with Gasteiger partial charge in [-0.05, 0) is 51.9 Å². The molecule has 5 rings (SSSR count). The standard InChI is InChI=1S/C24H27F2N5OS/c1-14(2)31-7-8-32-24-17(25)9-16(10-20(24)31)23-18(26)12-28-21(30-23)11-22-29-19(13-33-22)15-3-5-27-6-4-15/h9-10,12-15,27H,3-8,11H2,1-2H3. The van der Waals surface area contributed by atoms with Crippen LogP contribution in [0.25, 0.3) is 11.3 Å². The first-order valence-electron chi connectivity index (χ1n) is 11.4. The Kier molecular flexibility index (Phi) is 6.25. The number of benzene rings is 1. The van der Waals surface area contributed by atoms with Gasteiger partial charge in [-0.25, -0.2) is 23.7 Å². The number of hydrogen-bond donors (Lipinski definition) is 1. The van der Waals surface area contributed by atoms with Gasteiger partial charge in [-0.1, -0.05) is 0 Å². The Morgan fingerprint density at radius 2 is 2.00 bits per heavy atom. The summed E-state index contributed by atoms with van der Waals surface area (Å²) in [4.78, 5) is 15.5. The summed E-state index contributed by atoms with van der Waals surface area (Å²) in [7, 11) is 0. The molecule has 9 heteroatoms. The second-order valence-electron chi connectivity index (χ2n) is 8.79. The monoisotopic (exact) mass is 471 g/mol. The molecule has 0 aliphatic carbocycles. The van der Waals surface area contributed by atoms with E-state index >= 15 is 0 Å². The third kappa shape index (κ3) is 4.56. The number of hydrogen-bond acceptors (Lipinski definition) is 7. The lowest BCUT2D eigenvalue weighted by Crippen LogP contribution is -2.38. The number of thiazole rings is 1. The fourth-order valence-electron chi connectivity index (χ4n) is 4.51. The van der Waals surface area contributed by atoms with Gasteiger partial charge >= 0.3 is 0 Å². The lowest BCUT2D eigenvalue weighted by atomic mass is 9.95. The van der Waals surface area contributed by atoms with Crippen LogP contribution in [0.5, 0.6) is 5.75 Å². The molecule has 0 spiro atoms. The molecule has 4 heterocycles. The molecule has 0 amide bonds. The van der Waals surface area contributed by atoms with Gasteiger partial charge in [0.25, 0.3) is 0 Å². The number of nitrogens with zero attached hydrogens (tertiary/aromatic N) is 4. The van der Waals surface area contributed by atoms with E-state index in [1.165, 1.54) is 6.07 Å². The number of fused-ring (bicyclic) bond motifs is 1. The van der Waals surface area contributed by atoms with Crippen molar-refractivity contribution in [3.63, 3.8) is 0 Å². The quantitative estimate of drug-likeness (QED) is 0.589. The van der Waals surface area contributed by atoms with E-state index < -0.39 is 11.6 Å². The smallest absolute Gasteiger partial charge is 0.178 e. The van der Waals surface area contributed by atoms with Crippen LogP contribution < -0.4 is 15.0 Å². The summed E-state index contributed by atoms with van der Waals surface area (Å²) in [5.41, 5.74) is 2.20. The van der Waals surface area contributed by atoms with E-state index in [4.69, 9.17) is 9.72 Å². The van der Waals surface area contributed by atoms with E-state index in [0.717, 1.165) is 42.8 Å². The largest absolute Gasteiger partial charge is 0.486 e. The highest BCUT2D eigenvalue weighted by Crippen LogP contribution is 2.39. The second-order valence-corrected chi connectivity index (χ2v) is 9.73. The first-order valence-corrected chi connectivity index (χ1v) is 12.3. The van der Waals surface area contributed by atoms with Crippen molar-refractivity contribution in [1.29, 1.82) is 0 Å². The molecule has 2 aromatic heterocycles. The third-order valence-electron chi connectivity index (χ3n) is 6.24. The molecule has 0 bridgehead atoms. The maximum absolute atomic E-state index is 14.9. The lowest BCUT2D eigenvalue weighted by molar-refractivity contribution is 0.287. The van der Waals surface area contributed by atoms with Crippen LogP contribution >= 0.6 is 11.3 Å². The zero-order chi connectivity index (χ0) is 22.9. The van der Waals surface area contributed by atoms with Crippen LogP contribution in [-0.2, 0) is 6.42 Å². The fraction of sp³-hybridized carbons (Fsp3) is 0.458. The minimum atomic E-state index is -0.583. The molecule has 3 aromatic rings. The van der Waals surface area contributed by atoms with Crippen LogP contribution in [0, 0.1) is 11.6 Å². The molecule has 1 aromatic carbocycles. The van der Waals surface area contributed by atoms with Crippen molar-refractivity contribution >= 4 is 17.0 Å². The molecule has 6 nitrogen and oxygen atoms in total. The van der Waals surface area contributed by atoms with Gasteiger partial charge in [-0.3, -0.25) is 0 Å². The first-order chi connectivity index (χ1) is 16.0. The van der Waals surface area contributed by atoms with Gasteiger partial charge in [-0.15, -0.1) is 11.3 Å². The van der Waals surface area contributed by atoms with Gasteiger partial charge < -0.3 is 15.0 Å². The third-order valence-corrected chi connectivity index (χ3v) is 7.11. The normalized spacial score (nSPS) is 16.7. The van der Waals surface area contributed by atoms with Crippen molar-refractivity contribution in [3.05, 3.63) is 51.9 Å². The molecular weight excluding hydrogens is 444 g/mol. The molecule has 0 saturated carbocycles. The number of halogens is 2. The molecule has 1 fully saturated rings. The molecule has 2 aliphatic heterocycles. The summed E-state index contributed by atoms with van der Waals surface area (Å²) in [6, 6.07) is 3.20. The first kappa shape index (κ1) is 22.2. The number of ether oxygens (including phenoxy) is 1. The number of piperidine rings is 1. The van der Waals surface area contributed by atoms with Crippen molar-refractivity contribution in [1.82, 2.24) is 20.3 Å². The zero-order valence-corrected chi connectivity index (χ0v) is 19.6. The minimum absolute atomic E-state index is 0.0890. The molecule has 0 unspecified atom stereocenters. The number of anilines is 1. The highest BCUT2D eigenvalue weighted by atomic mass is 32.1. The highest BCUT2D eigenvalue weighted by Gasteiger charge is 2.26. The van der Waals surface area contributed by atoms with E-state index in [-0.39, 0.29) is 17.5 Å². The van der Waals surface area contributed by atoms with E-state index in [9.17, 15) is 8.78 Å². The average Bonchev–Trinajstić information content (AvgIpc) is 3.29. The molecule has 33 heavy (non-hydrogen) atoms. The number of aromatic nitrogens is 3. The molecule has 0 atom stereocenters. The maximum atomic E-state index is 14.9. The van der Waals surface area contributed by atoms with Gasteiger partial charge in [0.05, 0.1) is 30.5 Å². The van der Waals surface area contributed by atoms with Crippen molar-refractivity contribution in [2.24, 2.45) is 0 Å². The van der Waals surface area contributed by atoms with Crippen LogP contribution in [0.15, 0.2) is 23.7 Å². The van der Waals surface area contributed by atoms with Gasteiger partial charge in [0.15, 0.2) is 17.4 Å². The molecule has 0 radical (unpaired) electrons. The van der Waals surface area contributed by atoms with E-state index in [2.05, 4.69) is 25.6 Å². The molecule has 1 N–H and O–H groups in total. The molecule has 1 saturated heterocycles. The SMILES string of the molecule is CC(C)N1CCOc2c(F)cc(-c3nc(Cc4nc(C5CCNCC5)cs4)ncc3F)cc21. The summed E-state index contributed by atoms with van der Waals surface area (Å²) in [5.74, 6) is 0.0549. The van der Waals surface area contributed by atoms with Crippen LogP contribution in [0.4, 0.5) is 14.5 Å². The van der Waals surface area contributed by atoms with Crippen molar-refractivity contribution in [3.8, 4) is 17.0 Å². The average molecular weight is 472 g/mol.